The van der Waals surface area contributed by atoms with E-state index in [1.807, 2.05) is 27.7 Å². The van der Waals surface area contributed by atoms with Crippen LogP contribution in [0.2, 0.25) is 0 Å². The lowest BCUT2D eigenvalue weighted by molar-refractivity contribution is -0.153. The van der Waals surface area contributed by atoms with Crippen molar-refractivity contribution >= 4 is 17.7 Å². The van der Waals surface area contributed by atoms with Crippen LogP contribution in [0.4, 0.5) is 0 Å². The maximum Gasteiger partial charge on any atom is 0.319 e. The number of carbonyl (C=O) groups excluding carboxylic acids is 1. The molecule has 0 aliphatic carbocycles. The van der Waals surface area contributed by atoms with E-state index in [0.717, 1.165) is 12.8 Å². The first-order valence-electron chi connectivity index (χ1n) is 5.68. The normalized spacial score (nSPS) is 14.1. The molecule has 1 unspecified atom stereocenters. The zero-order valence-electron chi connectivity index (χ0n) is 10.8. The van der Waals surface area contributed by atoms with Gasteiger partial charge in [0, 0.05) is 5.25 Å². The molecule has 0 aromatic heterocycles. The lowest BCUT2D eigenvalue weighted by Crippen LogP contribution is -2.29. The van der Waals surface area contributed by atoms with E-state index < -0.39 is 0 Å². The summed E-state index contributed by atoms with van der Waals surface area (Å²) in [7, 11) is 0. The first-order valence-corrected chi connectivity index (χ1v) is 6.62. The van der Waals surface area contributed by atoms with Crippen LogP contribution in [0.3, 0.4) is 0 Å². The number of ether oxygens (including phenoxy) is 1. The number of carbonyl (C=O) groups is 1. The zero-order valence-corrected chi connectivity index (χ0v) is 11.6. The topological polar surface area (TPSA) is 26.3 Å². The summed E-state index contributed by atoms with van der Waals surface area (Å²) in [5.41, 5.74) is -0.375. The lowest BCUT2D eigenvalue weighted by Gasteiger charge is -2.23. The van der Waals surface area contributed by atoms with Gasteiger partial charge in [-0.15, -0.1) is 11.8 Å². The zero-order chi connectivity index (χ0) is 12.1. The molecule has 0 aromatic carbocycles. The Kier molecular flexibility index (Phi) is 6.34. The summed E-state index contributed by atoms with van der Waals surface area (Å²) >= 11 is 1.72. The highest BCUT2D eigenvalue weighted by Gasteiger charge is 2.23. The number of esters is 1. The van der Waals surface area contributed by atoms with Crippen molar-refractivity contribution in [3.05, 3.63) is 0 Å². The molecule has 0 aromatic rings. The van der Waals surface area contributed by atoms with Crippen molar-refractivity contribution in [1.82, 2.24) is 0 Å². The van der Waals surface area contributed by atoms with Crippen molar-refractivity contribution in [2.45, 2.75) is 70.5 Å². The summed E-state index contributed by atoms with van der Waals surface area (Å²) in [4.78, 5) is 11.7. The van der Waals surface area contributed by atoms with Crippen LogP contribution in [0.25, 0.3) is 0 Å². The monoisotopic (exact) mass is 232 g/mol. The summed E-state index contributed by atoms with van der Waals surface area (Å²) in [5.74, 6) is -0.0978. The van der Waals surface area contributed by atoms with Crippen LogP contribution < -0.4 is 0 Å². The van der Waals surface area contributed by atoms with Gasteiger partial charge in [-0.3, -0.25) is 4.79 Å². The third-order valence-electron chi connectivity index (χ3n) is 2.05. The van der Waals surface area contributed by atoms with Gasteiger partial charge >= 0.3 is 5.97 Å². The summed E-state index contributed by atoms with van der Waals surface area (Å²) in [6.45, 7) is 11.9. The smallest absolute Gasteiger partial charge is 0.319 e. The molecule has 0 saturated heterocycles. The predicted octanol–water partition coefficient (Wildman–Crippen LogP) is 3.64. The van der Waals surface area contributed by atoms with Gasteiger partial charge in [0.2, 0.25) is 0 Å². The van der Waals surface area contributed by atoms with E-state index in [-0.39, 0.29) is 16.8 Å². The fourth-order valence-corrected chi connectivity index (χ4v) is 2.33. The molecular formula is C12H24O2S. The Bertz CT molecular complexity index is 192. The summed E-state index contributed by atoms with van der Waals surface area (Å²) in [6.07, 6.45) is 2.21. The second-order valence-electron chi connectivity index (χ2n) is 4.75. The highest BCUT2D eigenvalue weighted by molar-refractivity contribution is 8.01. The Labute approximate surface area is 98.2 Å². The van der Waals surface area contributed by atoms with Gasteiger partial charge in [-0.25, -0.2) is 0 Å². The van der Waals surface area contributed by atoms with E-state index in [9.17, 15) is 4.79 Å². The average Bonchev–Trinajstić information content (AvgIpc) is 2.10. The fourth-order valence-electron chi connectivity index (χ4n) is 1.21. The second kappa shape index (κ2) is 6.41. The molecular weight excluding hydrogens is 208 g/mol. The fraction of sp³-hybridized carbons (Fsp3) is 0.917. The molecule has 0 fully saturated rings. The van der Waals surface area contributed by atoms with Gasteiger partial charge in [0.25, 0.3) is 0 Å². The van der Waals surface area contributed by atoms with Crippen LogP contribution >= 0.6 is 11.8 Å². The van der Waals surface area contributed by atoms with Crippen molar-refractivity contribution in [3.8, 4) is 0 Å². The molecule has 0 aliphatic heterocycles. The van der Waals surface area contributed by atoms with Crippen LogP contribution in [-0.2, 0) is 9.53 Å². The van der Waals surface area contributed by atoms with E-state index in [0.29, 0.717) is 5.25 Å². The molecule has 3 heteroatoms. The minimum atomic E-state index is -0.375. The summed E-state index contributed by atoms with van der Waals surface area (Å²) < 4.78 is 5.33. The minimum absolute atomic E-state index is 0.0610. The van der Waals surface area contributed by atoms with Crippen LogP contribution in [0, 0.1) is 0 Å². The number of hydrogen-bond donors (Lipinski definition) is 0. The highest BCUT2D eigenvalue weighted by Crippen LogP contribution is 2.25. The summed E-state index contributed by atoms with van der Waals surface area (Å²) in [5, 5.41) is 0.502. The third-order valence-corrected chi connectivity index (χ3v) is 3.70. The van der Waals surface area contributed by atoms with Crippen LogP contribution in [0.1, 0.15) is 54.4 Å². The molecule has 0 aliphatic rings. The maximum atomic E-state index is 11.7. The SMILES string of the molecule is CCC(CC)SC(C)C(=O)OC(C)(C)C. The first-order chi connectivity index (χ1) is 6.80. The highest BCUT2D eigenvalue weighted by atomic mass is 32.2. The van der Waals surface area contributed by atoms with E-state index in [4.69, 9.17) is 4.74 Å². The number of rotatable bonds is 5. The van der Waals surface area contributed by atoms with E-state index in [1.165, 1.54) is 0 Å². The van der Waals surface area contributed by atoms with Crippen molar-refractivity contribution in [1.29, 1.82) is 0 Å². The van der Waals surface area contributed by atoms with Crippen LogP contribution in [-0.4, -0.2) is 22.1 Å². The van der Waals surface area contributed by atoms with Gasteiger partial charge < -0.3 is 4.74 Å². The van der Waals surface area contributed by atoms with Crippen molar-refractivity contribution in [2.75, 3.05) is 0 Å². The molecule has 90 valence electrons. The van der Waals surface area contributed by atoms with E-state index >= 15 is 0 Å². The van der Waals surface area contributed by atoms with Gasteiger partial charge in [0.05, 0.1) is 5.25 Å². The van der Waals surface area contributed by atoms with E-state index in [1.54, 1.807) is 11.8 Å². The molecule has 15 heavy (non-hydrogen) atoms. The lowest BCUT2D eigenvalue weighted by atomic mass is 10.2. The molecule has 0 spiro atoms. The van der Waals surface area contributed by atoms with Gasteiger partial charge in [0.15, 0.2) is 0 Å². The average molecular weight is 232 g/mol. The third kappa shape index (κ3) is 6.82. The molecule has 0 radical (unpaired) electrons. The maximum absolute atomic E-state index is 11.7. The van der Waals surface area contributed by atoms with Crippen LogP contribution in [0.5, 0.6) is 0 Å². The first kappa shape index (κ1) is 14.8. The Balaban J connectivity index is 4.09. The number of hydrogen-bond acceptors (Lipinski definition) is 3. The standard InChI is InChI=1S/C12H24O2S/c1-7-10(8-2)15-9(3)11(13)14-12(4,5)6/h9-10H,7-8H2,1-6H3. The van der Waals surface area contributed by atoms with Crippen molar-refractivity contribution in [3.63, 3.8) is 0 Å². The second-order valence-corrected chi connectivity index (χ2v) is 6.40. The molecule has 0 amide bonds. The number of thioether (sulfide) groups is 1. The Morgan fingerprint density at radius 1 is 1.27 bits per heavy atom. The van der Waals surface area contributed by atoms with Crippen LogP contribution in [0.15, 0.2) is 0 Å². The van der Waals surface area contributed by atoms with Gasteiger partial charge in [-0.2, -0.15) is 0 Å². The Hall–Kier alpha value is -0.180. The Morgan fingerprint density at radius 3 is 2.07 bits per heavy atom. The van der Waals surface area contributed by atoms with Gasteiger partial charge in [-0.1, -0.05) is 13.8 Å². The largest absolute Gasteiger partial charge is 0.459 e. The molecule has 2 nitrogen and oxygen atoms in total. The van der Waals surface area contributed by atoms with Crippen molar-refractivity contribution < 1.29 is 9.53 Å². The molecule has 0 rings (SSSR count). The minimum Gasteiger partial charge on any atom is -0.459 e. The molecule has 0 heterocycles. The predicted molar refractivity (Wildman–Crippen MR) is 67.3 cm³/mol. The molecule has 0 saturated carbocycles. The summed E-state index contributed by atoms with van der Waals surface area (Å²) in [6, 6.07) is 0. The molecule has 0 bridgehead atoms. The quantitative estimate of drug-likeness (QED) is 0.677. The van der Waals surface area contributed by atoms with Gasteiger partial charge in [0.1, 0.15) is 5.60 Å². The molecule has 1 atom stereocenters. The van der Waals surface area contributed by atoms with Gasteiger partial charge in [-0.05, 0) is 40.5 Å². The van der Waals surface area contributed by atoms with Crippen molar-refractivity contribution in [2.24, 2.45) is 0 Å². The molecule has 0 N–H and O–H groups in total. The van der Waals surface area contributed by atoms with E-state index in [2.05, 4.69) is 13.8 Å². The Morgan fingerprint density at radius 2 is 1.73 bits per heavy atom.